The third-order valence-electron chi connectivity index (χ3n) is 1.09. The van der Waals surface area contributed by atoms with Gasteiger partial charge in [-0.25, -0.2) is 0 Å². The highest BCUT2D eigenvalue weighted by atomic mass is 35.5. The van der Waals surface area contributed by atoms with Gasteiger partial charge in [0.2, 0.25) is 0 Å². The molecule has 0 fully saturated rings. The molecule has 13 heavy (non-hydrogen) atoms. The summed E-state index contributed by atoms with van der Waals surface area (Å²) in [5, 5.41) is 0.534. The zero-order chi connectivity index (χ0) is 10.5. The van der Waals surface area contributed by atoms with Crippen LogP contribution in [0, 0.1) is 0 Å². The number of allylic oxidation sites excluding steroid dienone is 2. The second-order valence-electron chi connectivity index (χ2n) is 2.44. The molecule has 0 saturated carbocycles. The summed E-state index contributed by atoms with van der Waals surface area (Å²) in [6.07, 6.45) is 1.26. The van der Waals surface area contributed by atoms with Gasteiger partial charge in [-0.15, -0.1) is 0 Å². The van der Waals surface area contributed by atoms with E-state index in [0.29, 0.717) is 0 Å². The van der Waals surface area contributed by atoms with Gasteiger partial charge in [0.25, 0.3) is 7.37 Å². The van der Waals surface area contributed by atoms with E-state index in [1.165, 1.54) is 0 Å². The Morgan fingerprint density at radius 2 is 1.69 bits per heavy atom. The highest BCUT2D eigenvalue weighted by Crippen LogP contribution is 2.50. The third-order valence-corrected chi connectivity index (χ3v) is 3.99. The third kappa shape index (κ3) is 5.98. The SMILES string of the molecule is C=COP(=O)(CC(=C)Cl)CC(=C)Cl. The Bertz CT molecular complexity index is 253. The van der Waals surface area contributed by atoms with Crippen LogP contribution in [0.3, 0.4) is 0 Å². The van der Waals surface area contributed by atoms with Crippen molar-refractivity contribution >= 4 is 30.6 Å². The van der Waals surface area contributed by atoms with Crippen molar-refractivity contribution in [3.05, 3.63) is 36.1 Å². The van der Waals surface area contributed by atoms with E-state index in [2.05, 4.69) is 19.7 Å². The molecule has 0 aromatic heterocycles. The van der Waals surface area contributed by atoms with Gasteiger partial charge < -0.3 is 4.52 Å². The molecule has 0 rings (SSSR count). The molecule has 74 valence electrons. The van der Waals surface area contributed by atoms with E-state index in [1.807, 2.05) is 0 Å². The molecule has 0 N–H and O–H groups in total. The fourth-order valence-electron chi connectivity index (χ4n) is 0.789. The maximum absolute atomic E-state index is 11.9. The van der Waals surface area contributed by atoms with Gasteiger partial charge in [-0.1, -0.05) is 42.9 Å². The molecule has 5 heteroatoms. The van der Waals surface area contributed by atoms with Crippen molar-refractivity contribution in [3.63, 3.8) is 0 Å². The standard InChI is InChI=1S/C8H11Cl2O2P/c1-4-12-13(11,5-7(2)9)6-8(3)10/h4H,1-3,5-6H2. The topological polar surface area (TPSA) is 26.3 Å². The summed E-state index contributed by atoms with van der Waals surface area (Å²) < 4.78 is 16.7. The molecule has 0 saturated heterocycles. The molecule has 0 aliphatic rings. The van der Waals surface area contributed by atoms with Crippen LogP contribution in [0.25, 0.3) is 0 Å². The summed E-state index contributed by atoms with van der Waals surface area (Å²) in [5.74, 6) is 0. The summed E-state index contributed by atoms with van der Waals surface area (Å²) in [5.41, 5.74) is 0. The molecule has 0 aliphatic carbocycles. The average molecular weight is 241 g/mol. The van der Waals surface area contributed by atoms with Gasteiger partial charge in [0.1, 0.15) is 0 Å². The zero-order valence-electron chi connectivity index (χ0n) is 7.13. The lowest BCUT2D eigenvalue weighted by molar-refractivity contribution is 0.446. The number of halogens is 2. The summed E-state index contributed by atoms with van der Waals surface area (Å²) in [6.45, 7) is 10.2. The fraction of sp³-hybridized carbons (Fsp3) is 0.250. The minimum absolute atomic E-state index is 0.0757. The zero-order valence-corrected chi connectivity index (χ0v) is 9.54. The molecule has 0 spiro atoms. The first-order valence-electron chi connectivity index (χ1n) is 3.43. The van der Waals surface area contributed by atoms with E-state index < -0.39 is 7.37 Å². The predicted molar refractivity (Wildman–Crippen MR) is 58.6 cm³/mol. The Morgan fingerprint density at radius 3 is 1.92 bits per heavy atom. The summed E-state index contributed by atoms with van der Waals surface area (Å²) in [4.78, 5) is 0. The van der Waals surface area contributed by atoms with Crippen molar-refractivity contribution in [3.8, 4) is 0 Å². The van der Waals surface area contributed by atoms with Gasteiger partial charge in [-0.2, -0.15) is 0 Å². The van der Waals surface area contributed by atoms with Crippen molar-refractivity contribution in [2.75, 3.05) is 12.3 Å². The van der Waals surface area contributed by atoms with E-state index in [4.69, 9.17) is 27.7 Å². The van der Waals surface area contributed by atoms with Crippen LogP contribution in [-0.4, -0.2) is 12.3 Å². The number of rotatable bonds is 6. The largest absolute Gasteiger partial charge is 0.451 e. The maximum Gasteiger partial charge on any atom is 0.257 e. The van der Waals surface area contributed by atoms with Gasteiger partial charge in [-0.3, -0.25) is 4.57 Å². The summed E-state index contributed by atoms with van der Waals surface area (Å²) >= 11 is 11.1. The van der Waals surface area contributed by atoms with E-state index in [-0.39, 0.29) is 22.4 Å². The Labute approximate surface area is 88.3 Å². The van der Waals surface area contributed by atoms with Gasteiger partial charge in [0, 0.05) is 10.1 Å². The second-order valence-corrected chi connectivity index (χ2v) is 5.98. The van der Waals surface area contributed by atoms with Crippen molar-refractivity contribution in [1.29, 1.82) is 0 Å². The maximum atomic E-state index is 11.9. The van der Waals surface area contributed by atoms with E-state index in [0.717, 1.165) is 6.26 Å². The van der Waals surface area contributed by atoms with Crippen molar-refractivity contribution in [1.82, 2.24) is 0 Å². The molecule has 0 amide bonds. The van der Waals surface area contributed by atoms with Crippen LogP contribution in [0.1, 0.15) is 0 Å². The molecule has 0 heterocycles. The first-order chi connectivity index (χ1) is 5.89. The minimum atomic E-state index is -2.91. The summed E-state index contributed by atoms with van der Waals surface area (Å²) in [6, 6.07) is 0. The van der Waals surface area contributed by atoms with E-state index in [1.54, 1.807) is 0 Å². The molecular weight excluding hydrogens is 230 g/mol. The van der Waals surface area contributed by atoms with Crippen molar-refractivity contribution in [2.24, 2.45) is 0 Å². The molecule has 0 aliphatic heterocycles. The lowest BCUT2D eigenvalue weighted by Crippen LogP contribution is -1.96. The lowest BCUT2D eigenvalue weighted by Gasteiger charge is -2.15. The predicted octanol–water partition coefficient (Wildman–Crippen LogP) is 3.93. The highest BCUT2D eigenvalue weighted by molar-refractivity contribution is 7.59. The number of hydrogen-bond donors (Lipinski definition) is 0. The number of hydrogen-bond acceptors (Lipinski definition) is 2. The van der Waals surface area contributed by atoms with Crippen LogP contribution >= 0.6 is 30.6 Å². The molecule has 0 atom stereocenters. The Balaban J connectivity index is 4.51. The Kier molecular flexibility index (Phi) is 5.46. The van der Waals surface area contributed by atoms with Gasteiger partial charge in [0.05, 0.1) is 18.6 Å². The van der Waals surface area contributed by atoms with Gasteiger partial charge in [0.15, 0.2) is 0 Å². The molecule has 0 radical (unpaired) electrons. The van der Waals surface area contributed by atoms with Crippen LogP contribution in [0.5, 0.6) is 0 Å². The van der Waals surface area contributed by atoms with Crippen LogP contribution in [-0.2, 0) is 9.09 Å². The normalized spacial score (nSPS) is 10.6. The molecule has 0 unspecified atom stereocenters. The molecule has 0 aromatic carbocycles. The smallest absolute Gasteiger partial charge is 0.257 e. The molecular formula is C8H11Cl2O2P. The monoisotopic (exact) mass is 240 g/mol. The van der Waals surface area contributed by atoms with Crippen LogP contribution in [0.2, 0.25) is 0 Å². The van der Waals surface area contributed by atoms with Crippen molar-refractivity contribution in [2.45, 2.75) is 0 Å². The van der Waals surface area contributed by atoms with Gasteiger partial charge >= 0.3 is 0 Å². The molecule has 0 aromatic rings. The second kappa shape index (κ2) is 5.54. The minimum Gasteiger partial charge on any atom is -0.451 e. The molecule has 2 nitrogen and oxygen atoms in total. The quantitative estimate of drug-likeness (QED) is 0.520. The van der Waals surface area contributed by atoms with Crippen molar-refractivity contribution < 1.29 is 9.09 Å². The Hall–Kier alpha value is -0.170. The fourth-order valence-corrected chi connectivity index (χ4v) is 3.46. The van der Waals surface area contributed by atoms with Crippen LogP contribution < -0.4 is 0 Å². The van der Waals surface area contributed by atoms with Crippen LogP contribution in [0.4, 0.5) is 0 Å². The van der Waals surface area contributed by atoms with E-state index >= 15 is 0 Å². The highest BCUT2D eigenvalue weighted by Gasteiger charge is 2.24. The van der Waals surface area contributed by atoms with Gasteiger partial charge in [-0.05, 0) is 0 Å². The van der Waals surface area contributed by atoms with E-state index in [9.17, 15) is 4.57 Å². The average Bonchev–Trinajstić information content (AvgIpc) is 1.81. The molecule has 0 bridgehead atoms. The Morgan fingerprint density at radius 1 is 1.31 bits per heavy atom. The van der Waals surface area contributed by atoms with Crippen LogP contribution in [0.15, 0.2) is 36.1 Å². The summed E-state index contributed by atoms with van der Waals surface area (Å²) in [7, 11) is -2.91. The lowest BCUT2D eigenvalue weighted by atomic mass is 10.7. The first kappa shape index (κ1) is 12.8. The first-order valence-corrected chi connectivity index (χ1v) is 6.18.